The molecule has 1 aromatic heterocycles. The molecule has 0 spiro atoms. The summed E-state index contributed by atoms with van der Waals surface area (Å²) in [6.45, 7) is 6.61. The summed E-state index contributed by atoms with van der Waals surface area (Å²) in [5.74, 6) is 1.62. The maximum atomic E-state index is 9.33. The molecule has 4 heteroatoms. The number of rotatable bonds is 6. The summed E-state index contributed by atoms with van der Waals surface area (Å²) in [4.78, 5) is 0. The lowest BCUT2D eigenvalue weighted by atomic mass is 9.97. The van der Waals surface area contributed by atoms with Crippen LogP contribution in [-0.4, -0.2) is 28.0 Å². The summed E-state index contributed by atoms with van der Waals surface area (Å²) in [7, 11) is 1.98. The molecule has 1 aromatic rings. The second kappa shape index (κ2) is 6.53. The number of hydrogen-bond donors (Lipinski definition) is 2. The van der Waals surface area contributed by atoms with Crippen LogP contribution in [0.5, 0.6) is 0 Å². The predicted octanol–water partition coefficient (Wildman–Crippen LogP) is 2.04. The number of hydrogen-bond acceptors (Lipinski definition) is 3. The van der Waals surface area contributed by atoms with Gasteiger partial charge >= 0.3 is 0 Å². The average molecular weight is 265 g/mol. The van der Waals surface area contributed by atoms with E-state index in [0.29, 0.717) is 24.4 Å². The molecule has 1 saturated carbocycles. The highest BCUT2D eigenvalue weighted by molar-refractivity contribution is 5.19. The second-order valence-corrected chi connectivity index (χ2v) is 6.13. The maximum absolute atomic E-state index is 9.33. The Morgan fingerprint density at radius 3 is 2.84 bits per heavy atom. The van der Waals surface area contributed by atoms with E-state index < -0.39 is 0 Å². The average Bonchev–Trinajstić information content (AvgIpc) is 2.95. The van der Waals surface area contributed by atoms with Crippen molar-refractivity contribution >= 4 is 0 Å². The molecule has 108 valence electrons. The van der Waals surface area contributed by atoms with Gasteiger partial charge in [0.2, 0.25) is 0 Å². The molecule has 2 rings (SSSR count). The standard InChI is InChI=1S/C15H27N3O/c1-11(2)15-14(9-18(3)17-15)8-16-7-12-5-4-6-13(12)10-19/h9,11-13,16,19H,4-8,10H2,1-3H3. The summed E-state index contributed by atoms with van der Waals surface area (Å²) in [6.07, 6.45) is 5.82. The van der Waals surface area contributed by atoms with Crippen LogP contribution in [0.3, 0.4) is 0 Å². The first-order valence-electron chi connectivity index (χ1n) is 7.45. The summed E-state index contributed by atoms with van der Waals surface area (Å²) >= 11 is 0. The first kappa shape index (κ1) is 14.5. The number of aryl methyl sites for hydroxylation is 1. The molecular formula is C15H27N3O. The topological polar surface area (TPSA) is 50.1 Å². The van der Waals surface area contributed by atoms with Crippen LogP contribution in [-0.2, 0) is 13.6 Å². The van der Waals surface area contributed by atoms with E-state index in [2.05, 4.69) is 30.5 Å². The highest BCUT2D eigenvalue weighted by atomic mass is 16.3. The lowest BCUT2D eigenvalue weighted by Crippen LogP contribution is -2.26. The molecule has 19 heavy (non-hydrogen) atoms. The first-order valence-corrected chi connectivity index (χ1v) is 7.45. The first-order chi connectivity index (χ1) is 9.11. The summed E-state index contributed by atoms with van der Waals surface area (Å²) < 4.78 is 1.90. The monoisotopic (exact) mass is 265 g/mol. The van der Waals surface area contributed by atoms with Crippen molar-refractivity contribution in [3.63, 3.8) is 0 Å². The van der Waals surface area contributed by atoms with Gasteiger partial charge in [0.05, 0.1) is 5.69 Å². The molecule has 0 saturated heterocycles. The van der Waals surface area contributed by atoms with Crippen molar-refractivity contribution in [3.8, 4) is 0 Å². The molecule has 2 unspecified atom stereocenters. The van der Waals surface area contributed by atoms with Crippen LogP contribution in [0.1, 0.15) is 50.3 Å². The minimum absolute atomic E-state index is 0.344. The molecule has 1 heterocycles. The van der Waals surface area contributed by atoms with Gasteiger partial charge in [0.15, 0.2) is 0 Å². The molecule has 0 amide bonds. The van der Waals surface area contributed by atoms with Crippen LogP contribution in [0.2, 0.25) is 0 Å². The highest BCUT2D eigenvalue weighted by Gasteiger charge is 2.26. The molecule has 2 atom stereocenters. The fourth-order valence-corrected chi connectivity index (χ4v) is 3.19. The zero-order valence-electron chi connectivity index (χ0n) is 12.4. The Hall–Kier alpha value is -0.870. The van der Waals surface area contributed by atoms with Gasteiger partial charge in [0.25, 0.3) is 0 Å². The van der Waals surface area contributed by atoms with E-state index in [1.807, 2.05) is 11.7 Å². The zero-order valence-corrected chi connectivity index (χ0v) is 12.4. The smallest absolute Gasteiger partial charge is 0.0694 e. The van der Waals surface area contributed by atoms with E-state index in [9.17, 15) is 5.11 Å². The van der Waals surface area contributed by atoms with Crippen LogP contribution < -0.4 is 5.32 Å². The third kappa shape index (κ3) is 3.57. The fraction of sp³-hybridized carbons (Fsp3) is 0.800. The lowest BCUT2D eigenvalue weighted by Gasteiger charge is -2.18. The molecule has 4 nitrogen and oxygen atoms in total. The Bertz CT molecular complexity index is 400. The van der Waals surface area contributed by atoms with Crippen LogP contribution >= 0.6 is 0 Å². The van der Waals surface area contributed by atoms with Gasteiger partial charge in [-0.3, -0.25) is 4.68 Å². The predicted molar refractivity (Wildman–Crippen MR) is 76.9 cm³/mol. The number of nitrogens with zero attached hydrogens (tertiary/aromatic N) is 2. The maximum Gasteiger partial charge on any atom is 0.0694 e. The largest absolute Gasteiger partial charge is 0.396 e. The minimum Gasteiger partial charge on any atom is -0.396 e. The Morgan fingerprint density at radius 1 is 1.42 bits per heavy atom. The molecule has 2 N–H and O–H groups in total. The number of aliphatic hydroxyl groups is 1. The number of aromatic nitrogens is 2. The van der Waals surface area contributed by atoms with Crippen LogP contribution in [0, 0.1) is 11.8 Å². The van der Waals surface area contributed by atoms with Gasteiger partial charge < -0.3 is 10.4 Å². The third-order valence-electron chi connectivity index (χ3n) is 4.26. The second-order valence-electron chi connectivity index (χ2n) is 6.13. The quantitative estimate of drug-likeness (QED) is 0.827. The molecule has 0 radical (unpaired) electrons. The van der Waals surface area contributed by atoms with Crippen molar-refractivity contribution in [1.82, 2.24) is 15.1 Å². The van der Waals surface area contributed by atoms with Crippen molar-refractivity contribution in [2.45, 2.75) is 45.6 Å². The molecular weight excluding hydrogens is 238 g/mol. The van der Waals surface area contributed by atoms with Crippen molar-refractivity contribution < 1.29 is 5.11 Å². The number of nitrogens with one attached hydrogen (secondary N) is 1. The minimum atomic E-state index is 0.344. The summed E-state index contributed by atoms with van der Waals surface area (Å²) in [6, 6.07) is 0. The number of aliphatic hydroxyl groups excluding tert-OH is 1. The molecule has 1 aliphatic carbocycles. The van der Waals surface area contributed by atoms with Gasteiger partial charge in [-0.05, 0) is 37.1 Å². The third-order valence-corrected chi connectivity index (χ3v) is 4.26. The van der Waals surface area contributed by atoms with Crippen LogP contribution in [0.4, 0.5) is 0 Å². The van der Waals surface area contributed by atoms with Gasteiger partial charge in [-0.2, -0.15) is 5.10 Å². The zero-order chi connectivity index (χ0) is 13.8. The van der Waals surface area contributed by atoms with E-state index >= 15 is 0 Å². The van der Waals surface area contributed by atoms with E-state index in [-0.39, 0.29) is 0 Å². The van der Waals surface area contributed by atoms with E-state index in [1.165, 1.54) is 30.5 Å². The van der Waals surface area contributed by atoms with Crippen molar-refractivity contribution in [2.24, 2.45) is 18.9 Å². The van der Waals surface area contributed by atoms with E-state index in [4.69, 9.17) is 0 Å². The molecule has 1 fully saturated rings. The van der Waals surface area contributed by atoms with E-state index in [0.717, 1.165) is 13.1 Å². The summed E-state index contributed by atoms with van der Waals surface area (Å²) in [5.41, 5.74) is 2.50. The highest BCUT2D eigenvalue weighted by Crippen LogP contribution is 2.30. The van der Waals surface area contributed by atoms with Gasteiger partial charge in [0, 0.05) is 32.0 Å². The Labute approximate surface area is 116 Å². The van der Waals surface area contributed by atoms with Gasteiger partial charge in [-0.1, -0.05) is 20.3 Å². The fourth-order valence-electron chi connectivity index (χ4n) is 3.19. The Morgan fingerprint density at radius 2 is 2.16 bits per heavy atom. The normalized spacial score (nSPS) is 23.4. The van der Waals surface area contributed by atoms with Gasteiger partial charge in [-0.15, -0.1) is 0 Å². The van der Waals surface area contributed by atoms with Crippen LogP contribution in [0.15, 0.2) is 6.20 Å². The van der Waals surface area contributed by atoms with Gasteiger partial charge in [-0.25, -0.2) is 0 Å². The van der Waals surface area contributed by atoms with Crippen molar-refractivity contribution in [1.29, 1.82) is 0 Å². The summed E-state index contributed by atoms with van der Waals surface area (Å²) in [5, 5.41) is 17.4. The molecule has 0 aliphatic heterocycles. The SMILES string of the molecule is CC(C)c1nn(C)cc1CNCC1CCCC1CO. The van der Waals surface area contributed by atoms with Crippen molar-refractivity contribution in [2.75, 3.05) is 13.2 Å². The molecule has 1 aliphatic rings. The van der Waals surface area contributed by atoms with Crippen molar-refractivity contribution in [3.05, 3.63) is 17.5 Å². The van der Waals surface area contributed by atoms with E-state index in [1.54, 1.807) is 0 Å². The Balaban J connectivity index is 1.85. The Kier molecular flexibility index (Phi) is 4.99. The molecule has 0 aromatic carbocycles. The molecule has 0 bridgehead atoms. The lowest BCUT2D eigenvalue weighted by molar-refractivity contribution is 0.192. The van der Waals surface area contributed by atoms with Gasteiger partial charge in [0.1, 0.15) is 0 Å². The van der Waals surface area contributed by atoms with Crippen LogP contribution in [0.25, 0.3) is 0 Å².